The molecule has 192 valence electrons. The number of carbonyl (C=O) groups is 1. The van der Waals surface area contributed by atoms with Crippen LogP contribution in [-0.2, 0) is 10.0 Å². The van der Waals surface area contributed by atoms with Gasteiger partial charge in [-0.3, -0.25) is 4.79 Å². The Hall–Kier alpha value is -3.87. The molecule has 3 N–H and O–H groups in total. The van der Waals surface area contributed by atoms with Gasteiger partial charge in [0, 0.05) is 31.3 Å². The Labute approximate surface area is 208 Å². The summed E-state index contributed by atoms with van der Waals surface area (Å²) in [5.41, 5.74) is 6.56. The summed E-state index contributed by atoms with van der Waals surface area (Å²) in [7, 11) is -4.30. The molecule has 4 rings (SSSR count). The Morgan fingerprint density at radius 2 is 1.86 bits per heavy atom. The molecule has 1 aliphatic heterocycles. The number of amides is 1. The lowest BCUT2D eigenvalue weighted by Crippen LogP contribution is -2.37. The van der Waals surface area contributed by atoms with Gasteiger partial charge in [0.05, 0.1) is 11.3 Å². The fraction of sp³-hybridized carbons (Fsp3) is 0.304. The Morgan fingerprint density at radius 3 is 2.47 bits per heavy atom. The van der Waals surface area contributed by atoms with Gasteiger partial charge in [-0.05, 0) is 57.0 Å². The summed E-state index contributed by atoms with van der Waals surface area (Å²) in [5.74, 6) is -0.827. The highest BCUT2D eigenvalue weighted by Crippen LogP contribution is 2.33. The average Bonchev–Trinajstić information content (AvgIpc) is 3.16. The minimum Gasteiger partial charge on any atom is -0.417 e. The second-order valence-electron chi connectivity index (χ2n) is 8.35. The van der Waals surface area contributed by atoms with Crippen molar-refractivity contribution in [3.05, 3.63) is 54.2 Å². The van der Waals surface area contributed by atoms with E-state index in [9.17, 15) is 22.0 Å². The van der Waals surface area contributed by atoms with E-state index in [0.717, 1.165) is 12.8 Å². The number of halogens is 2. The van der Waals surface area contributed by atoms with Crippen LogP contribution in [0.15, 0.2) is 53.7 Å². The summed E-state index contributed by atoms with van der Waals surface area (Å²) in [6.07, 6.45) is 3.05. The van der Waals surface area contributed by atoms with Crippen LogP contribution in [0.3, 0.4) is 0 Å². The number of pyridine rings is 3. The first kappa shape index (κ1) is 25.2. The topological polar surface area (TPSA) is 140 Å². The van der Waals surface area contributed by atoms with Gasteiger partial charge in [0.25, 0.3) is 15.9 Å². The molecular weight excluding hydrogens is 494 g/mol. The maximum atomic E-state index is 13.2. The van der Waals surface area contributed by atoms with Crippen LogP contribution < -0.4 is 20.1 Å². The first-order chi connectivity index (χ1) is 17.0. The highest BCUT2D eigenvalue weighted by atomic mass is 32.2. The lowest BCUT2D eigenvalue weighted by molar-refractivity contribution is -0.0528. The van der Waals surface area contributed by atoms with Gasteiger partial charge in [0.2, 0.25) is 5.88 Å². The number of hydrogen-bond acceptors (Lipinski definition) is 9. The van der Waals surface area contributed by atoms with Crippen molar-refractivity contribution in [3.63, 3.8) is 0 Å². The number of nitrogens with two attached hydrogens (primary N) is 1. The standard InChI is InChI=1S/C23H24F2N6O4S.H2/c1-13-6-7-14(2)31(13)21-16(22(32)30-36(33,34)20-5-3-4-18(26)29-20)9-10-17(28-21)15-8-11-19(27-12-15)35-23(24)25;/h3-5,8-14,23H,6-7H2,1-2H3,(H2,26,29)(H,30,32);1H/t13-,14+;. The van der Waals surface area contributed by atoms with E-state index in [-0.39, 0.29) is 35.8 Å². The van der Waals surface area contributed by atoms with E-state index in [4.69, 9.17) is 5.73 Å². The minimum absolute atomic E-state index is 0. The maximum Gasteiger partial charge on any atom is 0.388 e. The number of hydrogen-bond donors (Lipinski definition) is 2. The fourth-order valence-corrected chi connectivity index (χ4v) is 5.04. The number of anilines is 2. The summed E-state index contributed by atoms with van der Waals surface area (Å²) < 4.78 is 56.7. The van der Waals surface area contributed by atoms with Crippen molar-refractivity contribution < 1.29 is 28.2 Å². The Kier molecular flexibility index (Phi) is 7.02. The SMILES string of the molecule is C[C@@H]1CC[C@H](C)N1c1nc(-c2ccc(OC(F)F)nc2)ccc1C(=O)NS(=O)(=O)c1cccc(N)n1.[HH]. The van der Waals surface area contributed by atoms with Crippen LogP contribution in [0.5, 0.6) is 5.88 Å². The molecule has 3 aromatic rings. The lowest BCUT2D eigenvalue weighted by atomic mass is 10.1. The summed E-state index contributed by atoms with van der Waals surface area (Å²) in [6.45, 7) is 0.985. The smallest absolute Gasteiger partial charge is 0.388 e. The number of aromatic nitrogens is 3. The van der Waals surface area contributed by atoms with Crippen LogP contribution in [0.25, 0.3) is 11.3 Å². The van der Waals surface area contributed by atoms with E-state index < -0.39 is 22.5 Å². The predicted molar refractivity (Wildman–Crippen MR) is 130 cm³/mol. The van der Waals surface area contributed by atoms with Crippen molar-refractivity contribution in [3.8, 4) is 17.1 Å². The van der Waals surface area contributed by atoms with Gasteiger partial charge in [-0.15, -0.1) is 0 Å². The van der Waals surface area contributed by atoms with Crippen LogP contribution >= 0.6 is 0 Å². The molecule has 0 aromatic carbocycles. The van der Waals surface area contributed by atoms with E-state index in [2.05, 4.69) is 19.7 Å². The molecule has 0 radical (unpaired) electrons. The zero-order valence-electron chi connectivity index (χ0n) is 19.4. The Balaban J connectivity index is 0.00000380. The molecule has 3 aromatic heterocycles. The van der Waals surface area contributed by atoms with E-state index in [0.29, 0.717) is 17.1 Å². The molecule has 2 atom stereocenters. The number of rotatable bonds is 7. The highest BCUT2D eigenvalue weighted by Gasteiger charge is 2.33. The lowest BCUT2D eigenvalue weighted by Gasteiger charge is -2.29. The predicted octanol–water partition coefficient (Wildman–Crippen LogP) is 3.46. The van der Waals surface area contributed by atoms with Crippen molar-refractivity contribution in [1.29, 1.82) is 0 Å². The third-order valence-electron chi connectivity index (χ3n) is 5.81. The van der Waals surface area contributed by atoms with Crippen molar-refractivity contribution in [1.82, 2.24) is 19.7 Å². The van der Waals surface area contributed by atoms with E-state index in [1.807, 2.05) is 23.5 Å². The molecule has 10 nitrogen and oxygen atoms in total. The van der Waals surface area contributed by atoms with Crippen LogP contribution in [0.2, 0.25) is 0 Å². The fourth-order valence-electron chi connectivity index (χ4n) is 4.10. The van der Waals surface area contributed by atoms with Crippen molar-refractivity contribution in [2.45, 2.75) is 50.4 Å². The molecule has 0 aliphatic carbocycles. The van der Waals surface area contributed by atoms with Crippen molar-refractivity contribution in [2.75, 3.05) is 10.6 Å². The van der Waals surface area contributed by atoms with Crippen LogP contribution in [-0.4, -0.2) is 48.0 Å². The summed E-state index contributed by atoms with van der Waals surface area (Å²) in [4.78, 5) is 27.5. The molecule has 1 aliphatic rings. The second-order valence-corrected chi connectivity index (χ2v) is 9.98. The first-order valence-corrected chi connectivity index (χ1v) is 12.5. The summed E-state index contributed by atoms with van der Waals surface area (Å²) >= 11 is 0. The number of nitrogens with one attached hydrogen (secondary N) is 1. The number of ether oxygens (including phenoxy) is 1. The molecule has 1 amide bonds. The molecule has 0 bridgehead atoms. The molecule has 0 spiro atoms. The van der Waals surface area contributed by atoms with Crippen molar-refractivity contribution in [2.24, 2.45) is 0 Å². The van der Waals surface area contributed by atoms with Gasteiger partial charge >= 0.3 is 6.61 Å². The minimum atomic E-state index is -4.30. The van der Waals surface area contributed by atoms with Crippen LogP contribution in [0, 0.1) is 0 Å². The molecule has 13 heteroatoms. The van der Waals surface area contributed by atoms with Gasteiger partial charge in [-0.25, -0.2) is 19.7 Å². The third kappa shape index (κ3) is 5.35. The molecule has 4 heterocycles. The van der Waals surface area contributed by atoms with E-state index >= 15 is 0 Å². The number of nitrogen functional groups attached to an aromatic ring is 1. The van der Waals surface area contributed by atoms with Crippen molar-refractivity contribution >= 4 is 27.6 Å². The van der Waals surface area contributed by atoms with Gasteiger partial charge in [-0.2, -0.15) is 17.2 Å². The quantitative estimate of drug-likeness (QED) is 0.479. The van der Waals surface area contributed by atoms with Gasteiger partial charge in [0.15, 0.2) is 5.03 Å². The van der Waals surface area contributed by atoms with E-state index in [1.54, 1.807) is 0 Å². The maximum absolute atomic E-state index is 13.2. The number of nitrogens with zero attached hydrogens (tertiary/aromatic N) is 4. The number of carbonyl (C=O) groups excluding carboxylic acids is 1. The average molecular weight is 521 g/mol. The van der Waals surface area contributed by atoms with Crippen LogP contribution in [0.1, 0.15) is 38.5 Å². The molecule has 1 fully saturated rings. The summed E-state index contributed by atoms with van der Waals surface area (Å²) in [5, 5.41) is -0.387. The van der Waals surface area contributed by atoms with Gasteiger partial charge in [-0.1, -0.05) is 6.07 Å². The molecule has 36 heavy (non-hydrogen) atoms. The zero-order chi connectivity index (χ0) is 26.0. The molecular formula is C23H26F2N6O4S. The molecule has 0 saturated carbocycles. The molecule has 0 unspecified atom stereocenters. The number of alkyl halides is 2. The second kappa shape index (κ2) is 10.0. The Bertz CT molecular complexity index is 1370. The zero-order valence-corrected chi connectivity index (χ0v) is 20.2. The highest BCUT2D eigenvalue weighted by molar-refractivity contribution is 7.90. The largest absolute Gasteiger partial charge is 0.417 e. The van der Waals surface area contributed by atoms with E-state index in [1.165, 1.54) is 48.7 Å². The number of sulfonamides is 1. The third-order valence-corrected chi connectivity index (χ3v) is 7.04. The first-order valence-electron chi connectivity index (χ1n) is 11.1. The van der Waals surface area contributed by atoms with Crippen LogP contribution in [0.4, 0.5) is 20.4 Å². The molecule has 1 saturated heterocycles. The van der Waals surface area contributed by atoms with Gasteiger partial charge in [0.1, 0.15) is 11.6 Å². The Morgan fingerprint density at radius 1 is 1.14 bits per heavy atom. The van der Waals surface area contributed by atoms with Gasteiger partial charge < -0.3 is 15.4 Å². The summed E-state index contributed by atoms with van der Waals surface area (Å²) in [6, 6.07) is 9.96. The normalized spacial score (nSPS) is 17.9. The monoisotopic (exact) mass is 520 g/mol.